The zero-order valence-corrected chi connectivity index (χ0v) is 9.53. The van der Waals surface area contributed by atoms with Gasteiger partial charge in [-0.2, -0.15) is 0 Å². The number of anilines is 2. The largest absolute Gasteiger partial charge is 0.396 e. The molecule has 1 aliphatic rings. The molecule has 1 aromatic heterocycles. The Morgan fingerprint density at radius 1 is 1.38 bits per heavy atom. The number of hydrogen-bond donors (Lipinski definition) is 2. The molecule has 1 aliphatic carbocycles. The van der Waals surface area contributed by atoms with E-state index in [1.165, 1.54) is 5.57 Å². The summed E-state index contributed by atoms with van der Waals surface area (Å²) < 4.78 is 0. The molecule has 0 unspecified atom stereocenters. The van der Waals surface area contributed by atoms with E-state index in [1.54, 1.807) is 0 Å². The number of nitrogens with two attached hydrogens (primary N) is 1. The number of pyridine rings is 1. The van der Waals surface area contributed by atoms with E-state index in [4.69, 9.17) is 5.73 Å². The van der Waals surface area contributed by atoms with Crippen molar-refractivity contribution in [3.63, 3.8) is 0 Å². The second kappa shape index (κ2) is 4.84. The zero-order valence-electron chi connectivity index (χ0n) is 9.53. The van der Waals surface area contributed by atoms with Crippen LogP contribution in [0.2, 0.25) is 0 Å². The molecule has 1 heterocycles. The number of hydrogen-bond acceptors (Lipinski definition) is 3. The minimum atomic E-state index is 0.700. The number of nitrogen functional groups attached to an aromatic ring is 1. The van der Waals surface area contributed by atoms with E-state index in [9.17, 15) is 0 Å². The van der Waals surface area contributed by atoms with Crippen LogP contribution in [0.5, 0.6) is 0 Å². The summed E-state index contributed by atoms with van der Waals surface area (Å²) in [5.74, 6) is 0.778. The molecule has 0 spiro atoms. The van der Waals surface area contributed by atoms with Gasteiger partial charge in [-0.3, -0.25) is 0 Å². The maximum atomic E-state index is 5.84. The summed E-state index contributed by atoms with van der Waals surface area (Å²) in [4.78, 5) is 4.37. The van der Waals surface area contributed by atoms with Crippen molar-refractivity contribution in [3.05, 3.63) is 41.6 Å². The Balaban J connectivity index is 2.01. The number of rotatable bonds is 3. The van der Waals surface area contributed by atoms with Gasteiger partial charge >= 0.3 is 0 Å². The van der Waals surface area contributed by atoms with Crippen LogP contribution >= 0.6 is 0 Å². The van der Waals surface area contributed by atoms with E-state index >= 15 is 0 Å². The first-order valence-electron chi connectivity index (χ1n) is 5.58. The van der Waals surface area contributed by atoms with Crippen LogP contribution in [0.1, 0.15) is 18.5 Å². The molecule has 84 valence electrons. The molecule has 0 radical (unpaired) electrons. The lowest BCUT2D eigenvalue weighted by molar-refractivity contribution is 1.00. The van der Waals surface area contributed by atoms with Gasteiger partial charge in [0.25, 0.3) is 0 Å². The maximum Gasteiger partial charge on any atom is 0.149 e. The highest BCUT2D eigenvalue weighted by molar-refractivity contribution is 5.61. The van der Waals surface area contributed by atoms with Gasteiger partial charge in [0.1, 0.15) is 5.82 Å². The van der Waals surface area contributed by atoms with Crippen LogP contribution in [-0.4, -0.2) is 11.5 Å². The molecule has 0 aliphatic heterocycles. The molecule has 0 saturated heterocycles. The molecule has 0 saturated carbocycles. The SMILES string of the molecule is Cc1ccc(N)c(NCC2=CCCC=C2)n1. The van der Waals surface area contributed by atoms with E-state index in [0.717, 1.165) is 30.9 Å². The van der Waals surface area contributed by atoms with Gasteiger partial charge in [-0.25, -0.2) is 4.98 Å². The van der Waals surface area contributed by atoms with Gasteiger partial charge in [0.15, 0.2) is 0 Å². The summed E-state index contributed by atoms with van der Waals surface area (Å²) in [6, 6.07) is 3.80. The zero-order chi connectivity index (χ0) is 11.4. The van der Waals surface area contributed by atoms with Gasteiger partial charge in [-0.1, -0.05) is 18.2 Å². The van der Waals surface area contributed by atoms with Crippen molar-refractivity contribution < 1.29 is 0 Å². The standard InChI is InChI=1S/C13H17N3/c1-10-7-8-12(14)13(16-10)15-9-11-5-3-2-4-6-11/h3,5-8H,2,4,9,14H2,1H3,(H,15,16). The Kier molecular flexibility index (Phi) is 3.25. The molecule has 0 fully saturated rings. The molecule has 3 nitrogen and oxygen atoms in total. The van der Waals surface area contributed by atoms with Crippen LogP contribution in [0, 0.1) is 6.92 Å². The van der Waals surface area contributed by atoms with E-state index < -0.39 is 0 Å². The molecule has 0 atom stereocenters. The number of aryl methyl sites for hydroxylation is 1. The molecule has 1 aromatic rings. The van der Waals surface area contributed by atoms with E-state index in [1.807, 2.05) is 19.1 Å². The Bertz CT molecular complexity index is 433. The van der Waals surface area contributed by atoms with Crippen molar-refractivity contribution in [2.75, 3.05) is 17.6 Å². The predicted molar refractivity (Wildman–Crippen MR) is 68.3 cm³/mol. The van der Waals surface area contributed by atoms with Crippen molar-refractivity contribution in [2.45, 2.75) is 19.8 Å². The number of nitrogens with one attached hydrogen (secondary N) is 1. The highest BCUT2D eigenvalue weighted by Gasteiger charge is 2.02. The van der Waals surface area contributed by atoms with E-state index in [-0.39, 0.29) is 0 Å². The molecular weight excluding hydrogens is 198 g/mol. The van der Waals surface area contributed by atoms with Crippen molar-refractivity contribution in [3.8, 4) is 0 Å². The van der Waals surface area contributed by atoms with Gasteiger partial charge < -0.3 is 11.1 Å². The fraction of sp³-hybridized carbons (Fsp3) is 0.308. The Labute approximate surface area is 96.1 Å². The third-order valence-corrected chi connectivity index (χ3v) is 2.60. The predicted octanol–water partition coefficient (Wildman–Crippen LogP) is 2.66. The summed E-state index contributed by atoms with van der Waals surface area (Å²) in [6.07, 6.45) is 8.88. The molecule has 0 bridgehead atoms. The Hall–Kier alpha value is -1.77. The second-order valence-corrected chi connectivity index (χ2v) is 4.00. The molecule has 16 heavy (non-hydrogen) atoms. The van der Waals surface area contributed by atoms with Crippen LogP contribution < -0.4 is 11.1 Å². The first kappa shape index (κ1) is 10.7. The normalized spacial score (nSPS) is 14.7. The fourth-order valence-corrected chi connectivity index (χ4v) is 1.69. The van der Waals surface area contributed by atoms with Crippen LogP contribution in [0.25, 0.3) is 0 Å². The topological polar surface area (TPSA) is 50.9 Å². The van der Waals surface area contributed by atoms with Crippen molar-refractivity contribution in [1.82, 2.24) is 4.98 Å². The molecule has 3 heteroatoms. The highest BCUT2D eigenvalue weighted by atomic mass is 15.0. The lowest BCUT2D eigenvalue weighted by Crippen LogP contribution is -2.08. The van der Waals surface area contributed by atoms with Gasteiger partial charge in [0.05, 0.1) is 5.69 Å². The van der Waals surface area contributed by atoms with Crippen molar-refractivity contribution >= 4 is 11.5 Å². The third-order valence-electron chi connectivity index (χ3n) is 2.60. The molecule has 0 amide bonds. The average molecular weight is 215 g/mol. The number of allylic oxidation sites excluding steroid dienone is 2. The minimum absolute atomic E-state index is 0.700. The molecular formula is C13H17N3. The minimum Gasteiger partial charge on any atom is -0.396 e. The smallest absolute Gasteiger partial charge is 0.149 e. The summed E-state index contributed by atoms with van der Waals surface area (Å²) >= 11 is 0. The molecule has 2 rings (SSSR count). The third kappa shape index (κ3) is 2.63. The average Bonchev–Trinajstić information content (AvgIpc) is 2.32. The van der Waals surface area contributed by atoms with Crippen molar-refractivity contribution in [1.29, 1.82) is 0 Å². The van der Waals surface area contributed by atoms with Gasteiger partial charge in [0.2, 0.25) is 0 Å². The summed E-state index contributed by atoms with van der Waals surface area (Å²) in [5, 5.41) is 3.27. The lowest BCUT2D eigenvalue weighted by Gasteiger charge is -2.11. The first-order chi connectivity index (χ1) is 7.75. The van der Waals surface area contributed by atoms with Gasteiger partial charge in [-0.15, -0.1) is 0 Å². The lowest BCUT2D eigenvalue weighted by atomic mass is 10.1. The first-order valence-corrected chi connectivity index (χ1v) is 5.58. The number of nitrogens with zero attached hydrogens (tertiary/aromatic N) is 1. The summed E-state index contributed by atoms with van der Waals surface area (Å²) in [5.41, 5.74) is 8.82. The summed E-state index contributed by atoms with van der Waals surface area (Å²) in [7, 11) is 0. The Morgan fingerprint density at radius 3 is 3.00 bits per heavy atom. The van der Waals surface area contributed by atoms with Crippen LogP contribution in [0.4, 0.5) is 11.5 Å². The maximum absolute atomic E-state index is 5.84. The van der Waals surface area contributed by atoms with Gasteiger partial charge in [-0.05, 0) is 37.5 Å². The second-order valence-electron chi connectivity index (χ2n) is 4.00. The van der Waals surface area contributed by atoms with Crippen molar-refractivity contribution in [2.24, 2.45) is 0 Å². The van der Waals surface area contributed by atoms with Crippen LogP contribution in [0.15, 0.2) is 35.9 Å². The fourth-order valence-electron chi connectivity index (χ4n) is 1.69. The van der Waals surface area contributed by atoms with Gasteiger partial charge in [0, 0.05) is 12.2 Å². The van der Waals surface area contributed by atoms with E-state index in [0.29, 0.717) is 5.69 Å². The molecule has 3 N–H and O–H groups in total. The highest BCUT2D eigenvalue weighted by Crippen LogP contribution is 2.17. The van der Waals surface area contributed by atoms with Crippen LogP contribution in [-0.2, 0) is 0 Å². The summed E-state index contributed by atoms with van der Waals surface area (Å²) in [6.45, 7) is 2.75. The quantitative estimate of drug-likeness (QED) is 0.815. The van der Waals surface area contributed by atoms with Crippen LogP contribution in [0.3, 0.4) is 0 Å². The number of aromatic nitrogens is 1. The monoisotopic (exact) mass is 215 g/mol. The molecule has 0 aromatic carbocycles. The Morgan fingerprint density at radius 2 is 2.25 bits per heavy atom. The van der Waals surface area contributed by atoms with E-state index in [2.05, 4.69) is 28.5 Å².